The van der Waals surface area contributed by atoms with Gasteiger partial charge in [0, 0.05) is 42.7 Å². The molecule has 0 N–H and O–H groups in total. The molecule has 0 rings (SSSR count). The molecule has 0 aliphatic heterocycles. The van der Waals surface area contributed by atoms with Crippen molar-refractivity contribution < 1.29 is 31.0 Å². The van der Waals surface area contributed by atoms with Crippen LogP contribution in [0.25, 0.3) is 0 Å². The van der Waals surface area contributed by atoms with Crippen molar-refractivity contribution in [2.24, 2.45) is 0 Å². The van der Waals surface area contributed by atoms with Crippen LogP contribution in [-0.2, 0) is 31.0 Å². The Balaban J connectivity index is 5.40. The van der Waals surface area contributed by atoms with Crippen LogP contribution in [0, 0.1) is 0 Å². The van der Waals surface area contributed by atoms with Crippen LogP contribution in [0.3, 0.4) is 0 Å². The first kappa shape index (κ1) is 27.6. The topological polar surface area (TPSA) is 64.6 Å². The Kier molecular flexibility index (Phi) is 12.6. The van der Waals surface area contributed by atoms with Gasteiger partial charge in [0.1, 0.15) is 10.5 Å². The fourth-order valence-electron chi connectivity index (χ4n) is 2.91. The van der Waals surface area contributed by atoms with E-state index in [2.05, 4.69) is 19.6 Å². The molecule has 0 fully saturated rings. The van der Waals surface area contributed by atoms with Gasteiger partial charge in [-0.15, -0.1) is 0 Å². The molecule has 0 amide bonds. The van der Waals surface area contributed by atoms with Crippen molar-refractivity contribution in [2.45, 2.75) is 62.6 Å². The van der Waals surface area contributed by atoms with Crippen LogP contribution < -0.4 is 0 Å². The molecule has 11 heteroatoms. The molecular weight excluding hydrogens is 417 g/mol. The number of rotatable bonds is 16. The molecule has 0 bridgehead atoms. The molecule has 0 atom stereocenters. The Morgan fingerprint density at radius 1 is 0.556 bits per heavy atom. The molecule has 0 aliphatic carbocycles. The Hall–Kier alpha value is 0.588. The van der Waals surface area contributed by atoms with E-state index in [-0.39, 0.29) is 5.60 Å². The highest BCUT2D eigenvalue weighted by Crippen LogP contribution is 2.36. The lowest BCUT2D eigenvalue weighted by atomic mass is 9.94. The molecular formula is C16H42O7Si4. The molecule has 27 heavy (non-hydrogen) atoms. The summed E-state index contributed by atoms with van der Waals surface area (Å²) in [5, 5.41) is 0. The third-order valence-electron chi connectivity index (χ3n) is 6.13. The molecule has 7 nitrogen and oxygen atoms in total. The third-order valence-corrected chi connectivity index (χ3v) is 15.7. The highest BCUT2D eigenvalue weighted by atomic mass is 28.4. The van der Waals surface area contributed by atoms with Crippen molar-refractivity contribution in [2.75, 3.05) is 42.7 Å². The summed E-state index contributed by atoms with van der Waals surface area (Å²) in [5.74, 6) is 0. The van der Waals surface area contributed by atoms with E-state index < -0.39 is 25.7 Å². The second kappa shape index (κ2) is 12.3. The van der Waals surface area contributed by atoms with Crippen molar-refractivity contribution in [3.05, 3.63) is 0 Å². The Bertz CT molecular complexity index is 347. The molecule has 0 spiro atoms. The maximum atomic E-state index is 6.26. The molecule has 0 aromatic carbocycles. The Morgan fingerprint density at radius 2 is 0.778 bits per heavy atom. The second-order valence-electron chi connectivity index (χ2n) is 7.51. The van der Waals surface area contributed by atoms with E-state index in [0.29, 0.717) is 10.5 Å². The van der Waals surface area contributed by atoms with Gasteiger partial charge >= 0.3 is 25.7 Å². The number of hydrogen-bond donors (Lipinski definition) is 0. The molecule has 164 valence electrons. The molecule has 0 unspecified atom stereocenters. The Morgan fingerprint density at radius 3 is 0.926 bits per heavy atom. The standard InChI is InChI=1S/C16H42O7Si4/c1-17-25(7,18-2)13-10-16(23-24,11-14-26(8,19-3)20-4)12-15-27(9,21-5)22-6/h10-15H2,1-9,24H3. The Labute approximate surface area is 172 Å². The molecule has 0 radical (unpaired) electrons. The highest BCUT2D eigenvalue weighted by Gasteiger charge is 2.41. The number of hydrogen-bond acceptors (Lipinski definition) is 7. The van der Waals surface area contributed by atoms with Gasteiger partial charge in [-0.1, -0.05) is 0 Å². The van der Waals surface area contributed by atoms with Gasteiger partial charge < -0.3 is 31.0 Å². The summed E-state index contributed by atoms with van der Waals surface area (Å²) in [5.41, 5.74) is -0.256. The van der Waals surface area contributed by atoms with Crippen LogP contribution in [0.2, 0.25) is 37.8 Å². The monoisotopic (exact) mass is 458 g/mol. The van der Waals surface area contributed by atoms with Crippen molar-refractivity contribution in [1.29, 1.82) is 0 Å². The van der Waals surface area contributed by atoms with Gasteiger partial charge in [0.2, 0.25) is 0 Å². The zero-order chi connectivity index (χ0) is 21.2. The average Bonchev–Trinajstić information content (AvgIpc) is 2.72. The van der Waals surface area contributed by atoms with Crippen LogP contribution in [0.15, 0.2) is 0 Å². The quantitative estimate of drug-likeness (QED) is 0.329. The first-order valence-corrected chi connectivity index (χ1v) is 17.8. The summed E-state index contributed by atoms with van der Waals surface area (Å²) in [6, 6.07) is 2.62. The fraction of sp³-hybridized carbons (Fsp3) is 1.00. The van der Waals surface area contributed by atoms with Crippen LogP contribution in [0.5, 0.6) is 0 Å². The largest absolute Gasteiger partial charge is 0.422 e. The average molecular weight is 459 g/mol. The van der Waals surface area contributed by atoms with Crippen molar-refractivity contribution in [3.8, 4) is 0 Å². The van der Waals surface area contributed by atoms with Crippen LogP contribution in [0.1, 0.15) is 19.3 Å². The first-order chi connectivity index (χ1) is 12.5. The minimum absolute atomic E-state index is 0.256. The lowest BCUT2D eigenvalue weighted by molar-refractivity contribution is 0.0563. The summed E-state index contributed by atoms with van der Waals surface area (Å²) in [7, 11) is 4.55. The van der Waals surface area contributed by atoms with Gasteiger partial charge in [0.25, 0.3) is 0 Å². The summed E-state index contributed by atoms with van der Waals surface area (Å²) in [4.78, 5) is 0. The van der Waals surface area contributed by atoms with Gasteiger partial charge in [-0.2, -0.15) is 0 Å². The molecule has 0 saturated carbocycles. The van der Waals surface area contributed by atoms with E-state index >= 15 is 0 Å². The lowest BCUT2D eigenvalue weighted by Gasteiger charge is -2.39. The normalized spacial score (nSPS) is 14.1. The van der Waals surface area contributed by atoms with E-state index in [4.69, 9.17) is 31.0 Å². The maximum absolute atomic E-state index is 6.26. The van der Waals surface area contributed by atoms with Gasteiger partial charge in [-0.25, -0.2) is 0 Å². The predicted molar refractivity (Wildman–Crippen MR) is 119 cm³/mol. The summed E-state index contributed by atoms with van der Waals surface area (Å²) in [6.45, 7) is 6.28. The molecule has 0 heterocycles. The zero-order valence-corrected chi connectivity index (χ0v) is 24.1. The summed E-state index contributed by atoms with van der Waals surface area (Å²) in [6.07, 6.45) is 2.66. The fourth-order valence-corrected chi connectivity index (χ4v) is 7.97. The van der Waals surface area contributed by atoms with Crippen LogP contribution >= 0.6 is 0 Å². The molecule has 0 aliphatic rings. The maximum Gasteiger partial charge on any atom is 0.334 e. The van der Waals surface area contributed by atoms with Gasteiger partial charge in [0.15, 0.2) is 0 Å². The summed E-state index contributed by atoms with van der Waals surface area (Å²) < 4.78 is 40.4. The smallest absolute Gasteiger partial charge is 0.334 e. The van der Waals surface area contributed by atoms with E-state index in [1.807, 2.05) is 0 Å². The minimum atomic E-state index is -2.17. The molecule has 0 aromatic rings. The van der Waals surface area contributed by atoms with E-state index in [9.17, 15) is 0 Å². The van der Waals surface area contributed by atoms with Crippen molar-refractivity contribution in [3.63, 3.8) is 0 Å². The third kappa shape index (κ3) is 8.86. The highest BCUT2D eigenvalue weighted by molar-refractivity contribution is 6.66. The van der Waals surface area contributed by atoms with Crippen LogP contribution in [0.4, 0.5) is 0 Å². The van der Waals surface area contributed by atoms with Crippen LogP contribution in [-0.4, -0.2) is 84.4 Å². The second-order valence-corrected chi connectivity index (χ2v) is 18.7. The molecule has 0 saturated heterocycles. The van der Waals surface area contributed by atoms with Crippen molar-refractivity contribution in [1.82, 2.24) is 0 Å². The van der Waals surface area contributed by atoms with Gasteiger partial charge in [0.05, 0.1) is 5.60 Å². The lowest BCUT2D eigenvalue weighted by Crippen LogP contribution is -2.45. The summed E-state index contributed by atoms with van der Waals surface area (Å²) >= 11 is 0. The molecule has 0 aromatic heterocycles. The van der Waals surface area contributed by atoms with Gasteiger partial charge in [-0.05, 0) is 57.0 Å². The van der Waals surface area contributed by atoms with E-state index in [0.717, 1.165) is 37.4 Å². The first-order valence-electron chi connectivity index (χ1n) is 9.41. The van der Waals surface area contributed by atoms with Gasteiger partial charge in [-0.3, -0.25) is 0 Å². The van der Waals surface area contributed by atoms with Crippen molar-refractivity contribution >= 4 is 36.2 Å². The SMILES string of the molecule is CO[Si](C)(CCC(CC[Si](C)(OC)OC)(CC[Si](C)(OC)OC)O[SiH3])OC. The zero-order valence-electron chi connectivity index (χ0n) is 19.1. The van der Waals surface area contributed by atoms with E-state index in [1.54, 1.807) is 42.7 Å². The van der Waals surface area contributed by atoms with E-state index in [1.165, 1.54) is 0 Å². The minimum Gasteiger partial charge on any atom is -0.422 e. The predicted octanol–water partition coefficient (Wildman–Crippen LogP) is 2.29.